The number of hydrogen-bond donors (Lipinski definition) is 1. The zero-order chi connectivity index (χ0) is 19.1. The lowest BCUT2D eigenvalue weighted by molar-refractivity contribution is 0.0531. The first-order valence-corrected chi connectivity index (χ1v) is 9.08. The molecule has 1 aromatic heterocycles. The highest BCUT2D eigenvalue weighted by atomic mass is 32.1. The molecule has 7 heteroatoms. The Morgan fingerprint density at radius 3 is 2.73 bits per heavy atom. The van der Waals surface area contributed by atoms with E-state index in [0.717, 1.165) is 17.8 Å². The SMILES string of the molecule is CCCOc1cccc(C(=O)Nc2sc(C(=O)OCC)c(C)c2C#N)c1. The number of nitrogens with one attached hydrogen (secondary N) is 1. The van der Waals surface area contributed by atoms with Crippen LogP contribution in [0.15, 0.2) is 24.3 Å². The molecule has 1 aromatic carbocycles. The van der Waals surface area contributed by atoms with E-state index in [4.69, 9.17) is 9.47 Å². The van der Waals surface area contributed by atoms with E-state index in [1.165, 1.54) is 0 Å². The number of carbonyl (C=O) groups is 2. The van der Waals surface area contributed by atoms with Crippen molar-refractivity contribution in [3.8, 4) is 11.8 Å². The summed E-state index contributed by atoms with van der Waals surface area (Å²) in [4.78, 5) is 24.9. The molecule has 0 radical (unpaired) electrons. The molecule has 1 heterocycles. The van der Waals surface area contributed by atoms with Crippen molar-refractivity contribution in [2.75, 3.05) is 18.5 Å². The average Bonchev–Trinajstić information content (AvgIpc) is 2.95. The number of anilines is 1. The molecule has 1 amide bonds. The molecular formula is C19H20N2O4S. The molecule has 0 aliphatic rings. The molecule has 0 unspecified atom stereocenters. The molecule has 0 saturated carbocycles. The van der Waals surface area contributed by atoms with E-state index in [-0.39, 0.29) is 18.1 Å². The van der Waals surface area contributed by atoms with Crippen LogP contribution in [0.1, 0.15) is 51.4 Å². The summed E-state index contributed by atoms with van der Waals surface area (Å²) in [5.41, 5.74) is 1.18. The topological polar surface area (TPSA) is 88.4 Å². The van der Waals surface area contributed by atoms with Gasteiger partial charge in [-0.25, -0.2) is 4.79 Å². The van der Waals surface area contributed by atoms with Crippen LogP contribution in [0.3, 0.4) is 0 Å². The number of esters is 1. The van der Waals surface area contributed by atoms with E-state index in [1.54, 1.807) is 38.1 Å². The van der Waals surface area contributed by atoms with Crippen molar-refractivity contribution < 1.29 is 19.1 Å². The van der Waals surface area contributed by atoms with Crippen molar-refractivity contribution in [2.24, 2.45) is 0 Å². The van der Waals surface area contributed by atoms with Crippen LogP contribution in [-0.4, -0.2) is 25.1 Å². The molecule has 0 spiro atoms. The van der Waals surface area contributed by atoms with Gasteiger partial charge >= 0.3 is 5.97 Å². The Labute approximate surface area is 156 Å². The van der Waals surface area contributed by atoms with Crippen LogP contribution in [0.2, 0.25) is 0 Å². The minimum absolute atomic E-state index is 0.240. The molecule has 0 atom stereocenters. The first-order valence-electron chi connectivity index (χ1n) is 8.26. The van der Waals surface area contributed by atoms with Gasteiger partial charge in [-0.05, 0) is 44.0 Å². The van der Waals surface area contributed by atoms with E-state index in [1.807, 2.05) is 13.0 Å². The third kappa shape index (κ3) is 4.41. The van der Waals surface area contributed by atoms with E-state index in [0.29, 0.717) is 33.4 Å². The lowest BCUT2D eigenvalue weighted by Gasteiger charge is -2.07. The maximum Gasteiger partial charge on any atom is 0.348 e. The Morgan fingerprint density at radius 2 is 2.08 bits per heavy atom. The maximum absolute atomic E-state index is 12.5. The Morgan fingerprint density at radius 1 is 1.31 bits per heavy atom. The Balaban J connectivity index is 2.25. The van der Waals surface area contributed by atoms with Gasteiger partial charge in [0.1, 0.15) is 21.7 Å². The van der Waals surface area contributed by atoms with Gasteiger partial charge in [-0.2, -0.15) is 5.26 Å². The zero-order valence-electron chi connectivity index (χ0n) is 14.9. The summed E-state index contributed by atoms with van der Waals surface area (Å²) >= 11 is 1.04. The Bertz CT molecular complexity index is 852. The highest BCUT2D eigenvalue weighted by molar-refractivity contribution is 7.18. The smallest absolute Gasteiger partial charge is 0.348 e. The first-order chi connectivity index (χ1) is 12.5. The van der Waals surface area contributed by atoms with Crippen molar-refractivity contribution in [3.05, 3.63) is 45.8 Å². The van der Waals surface area contributed by atoms with E-state index in [2.05, 4.69) is 5.32 Å². The highest BCUT2D eigenvalue weighted by Gasteiger charge is 2.22. The van der Waals surface area contributed by atoms with Crippen LogP contribution in [0.5, 0.6) is 5.75 Å². The first kappa shape index (κ1) is 19.5. The summed E-state index contributed by atoms with van der Waals surface area (Å²) < 4.78 is 10.5. The van der Waals surface area contributed by atoms with E-state index in [9.17, 15) is 14.9 Å². The van der Waals surface area contributed by atoms with Crippen molar-refractivity contribution >= 4 is 28.2 Å². The number of rotatable bonds is 7. The van der Waals surface area contributed by atoms with Crippen molar-refractivity contribution in [1.29, 1.82) is 5.26 Å². The van der Waals surface area contributed by atoms with Gasteiger partial charge in [-0.3, -0.25) is 4.79 Å². The van der Waals surface area contributed by atoms with Crippen LogP contribution in [-0.2, 0) is 4.74 Å². The minimum atomic E-state index is -0.498. The van der Waals surface area contributed by atoms with Gasteiger partial charge in [0.05, 0.1) is 18.8 Å². The summed E-state index contributed by atoms with van der Waals surface area (Å²) in [7, 11) is 0. The summed E-state index contributed by atoms with van der Waals surface area (Å²) in [6.45, 7) is 6.18. The van der Waals surface area contributed by atoms with Gasteiger partial charge in [-0.15, -0.1) is 11.3 Å². The molecule has 0 bridgehead atoms. The number of carbonyl (C=O) groups excluding carboxylic acids is 2. The van der Waals surface area contributed by atoms with Crippen LogP contribution >= 0.6 is 11.3 Å². The molecule has 0 saturated heterocycles. The number of ether oxygens (including phenoxy) is 2. The fourth-order valence-electron chi connectivity index (χ4n) is 2.25. The predicted molar refractivity (Wildman–Crippen MR) is 99.9 cm³/mol. The quantitative estimate of drug-likeness (QED) is 0.738. The minimum Gasteiger partial charge on any atom is -0.494 e. The standard InChI is InChI=1S/C19H20N2O4S/c1-4-9-25-14-8-6-7-13(10-14)17(22)21-18-15(11-20)12(3)16(26-18)19(23)24-5-2/h6-8,10H,4-5,9H2,1-3H3,(H,21,22). The van der Waals surface area contributed by atoms with Gasteiger partial charge in [0, 0.05) is 5.56 Å². The van der Waals surface area contributed by atoms with Crippen LogP contribution in [0, 0.1) is 18.3 Å². The number of nitrogens with zero attached hydrogens (tertiary/aromatic N) is 1. The molecule has 136 valence electrons. The van der Waals surface area contributed by atoms with E-state index >= 15 is 0 Å². The normalized spacial score (nSPS) is 10.1. The zero-order valence-corrected chi connectivity index (χ0v) is 15.7. The fourth-order valence-corrected chi connectivity index (χ4v) is 3.30. The summed E-state index contributed by atoms with van der Waals surface area (Å²) in [6, 6.07) is 8.85. The average molecular weight is 372 g/mol. The summed E-state index contributed by atoms with van der Waals surface area (Å²) in [6.07, 6.45) is 0.868. The second-order valence-electron chi connectivity index (χ2n) is 5.42. The second-order valence-corrected chi connectivity index (χ2v) is 6.44. The summed E-state index contributed by atoms with van der Waals surface area (Å²) in [5.74, 6) is -0.267. The lowest BCUT2D eigenvalue weighted by atomic mass is 10.1. The molecular weight excluding hydrogens is 352 g/mol. The molecule has 26 heavy (non-hydrogen) atoms. The molecule has 0 aliphatic heterocycles. The van der Waals surface area contributed by atoms with Crippen molar-refractivity contribution in [2.45, 2.75) is 27.2 Å². The Kier molecular flexibility index (Phi) is 6.75. The molecule has 2 aromatic rings. The molecule has 6 nitrogen and oxygen atoms in total. The summed E-state index contributed by atoms with van der Waals surface area (Å²) in [5, 5.41) is 12.4. The van der Waals surface area contributed by atoms with Crippen LogP contribution < -0.4 is 10.1 Å². The van der Waals surface area contributed by atoms with Crippen LogP contribution in [0.25, 0.3) is 0 Å². The largest absolute Gasteiger partial charge is 0.494 e. The third-order valence-electron chi connectivity index (χ3n) is 3.52. The third-order valence-corrected chi connectivity index (χ3v) is 4.70. The molecule has 0 fully saturated rings. The maximum atomic E-state index is 12.5. The van der Waals surface area contributed by atoms with Gasteiger partial charge < -0.3 is 14.8 Å². The number of benzene rings is 1. The van der Waals surface area contributed by atoms with Gasteiger partial charge in [-0.1, -0.05) is 13.0 Å². The monoisotopic (exact) mass is 372 g/mol. The molecule has 2 rings (SSSR count). The lowest BCUT2D eigenvalue weighted by Crippen LogP contribution is -2.12. The number of amides is 1. The predicted octanol–water partition coefficient (Wildman–Crippen LogP) is 4.15. The van der Waals surface area contributed by atoms with Gasteiger partial charge in [0.15, 0.2) is 0 Å². The highest BCUT2D eigenvalue weighted by Crippen LogP contribution is 2.33. The van der Waals surface area contributed by atoms with E-state index < -0.39 is 5.97 Å². The van der Waals surface area contributed by atoms with Gasteiger partial charge in [0.25, 0.3) is 5.91 Å². The fraction of sp³-hybridized carbons (Fsp3) is 0.316. The number of thiophene rings is 1. The molecule has 1 N–H and O–H groups in total. The van der Waals surface area contributed by atoms with Crippen molar-refractivity contribution in [3.63, 3.8) is 0 Å². The molecule has 0 aliphatic carbocycles. The Hall–Kier alpha value is -2.85. The second kappa shape index (κ2) is 9.02. The van der Waals surface area contributed by atoms with Gasteiger partial charge in [0.2, 0.25) is 0 Å². The van der Waals surface area contributed by atoms with Crippen molar-refractivity contribution in [1.82, 2.24) is 0 Å². The number of nitriles is 1. The van der Waals surface area contributed by atoms with Crippen LogP contribution in [0.4, 0.5) is 5.00 Å². The number of hydrogen-bond acceptors (Lipinski definition) is 6.